The van der Waals surface area contributed by atoms with Crippen molar-refractivity contribution in [2.45, 2.75) is 19.5 Å². The zero-order valence-electron chi connectivity index (χ0n) is 7.37. The van der Waals surface area contributed by atoms with Crippen molar-refractivity contribution in [1.29, 1.82) is 0 Å². The molecule has 0 aliphatic rings. The molecule has 15 heavy (non-hydrogen) atoms. The van der Waals surface area contributed by atoms with E-state index in [2.05, 4.69) is 4.98 Å². The average molecular weight is 337 g/mol. The summed E-state index contributed by atoms with van der Waals surface area (Å²) in [6, 6.07) is 0. The fourth-order valence-corrected chi connectivity index (χ4v) is 1.82. The Kier molecular flexibility index (Phi) is 3.51. The molecule has 0 spiro atoms. The minimum Gasteiger partial charge on any atom is -0.260 e. The van der Waals surface area contributed by atoms with Gasteiger partial charge in [-0.15, -0.1) is 0 Å². The fraction of sp³-hybridized carbons (Fsp3) is 0.375. The summed E-state index contributed by atoms with van der Waals surface area (Å²) < 4.78 is 62.2. The highest BCUT2D eigenvalue weighted by molar-refractivity contribution is 14.1. The minimum atomic E-state index is -4.80. The summed E-state index contributed by atoms with van der Waals surface area (Å²) in [4.78, 5) is 3.43. The average Bonchev–Trinajstić information content (AvgIpc) is 2.05. The van der Waals surface area contributed by atoms with Gasteiger partial charge in [0, 0.05) is 15.3 Å². The van der Waals surface area contributed by atoms with Gasteiger partial charge >= 0.3 is 6.18 Å². The Labute approximate surface area is 95.8 Å². The molecule has 1 nitrogen and oxygen atoms in total. The smallest absolute Gasteiger partial charge is 0.260 e. The van der Waals surface area contributed by atoms with Gasteiger partial charge in [0.25, 0.3) is 6.43 Å². The maximum absolute atomic E-state index is 12.5. The van der Waals surface area contributed by atoms with Crippen LogP contribution in [-0.4, -0.2) is 4.98 Å². The summed E-state index contributed by atoms with van der Waals surface area (Å²) in [5, 5.41) is 0. The molecule has 1 heterocycles. The number of rotatable bonds is 1. The maximum atomic E-state index is 12.5. The highest BCUT2D eigenvalue weighted by atomic mass is 127. The lowest BCUT2D eigenvalue weighted by atomic mass is 10.1. The van der Waals surface area contributed by atoms with Gasteiger partial charge in [0.1, 0.15) is 0 Å². The molecule has 0 saturated heterocycles. The molecule has 84 valence electrons. The van der Waals surface area contributed by atoms with Crippen LogP contribution in [0.15, 0.2) is 6.20 Å². The van der Waals surface area contributed by atoms with Gasteiger partial charge in [-0.05, 0) is 29.5 Å². The Morgan fingerprint density at radius 1 is 1.33 bits per heavy atom. The molecule has 0 N–H and O–H groups in total. The number of aryl methyl sites for hydroxylation is 1. The van der Waals surface area contributed by atoms with Crippen molar-refractivity contribution < 1.29 is 22.0 Å². The van der Waals surface area contributed by atoms with E-state index >= 15 is 0 Å². The topological polar surface area (TPSA) is 12.9 Å². The molecule has 0 fully saturated rings. The van der Waals surface area contributed by atoms with E-state index in [4.69, 9.17) is 0 Å². The third kappa shape index (κ3) is 2.56. The number of pyridine rings is 1. The molecule has 1 rings (SSSR count). The third-order valence-electron chi connectivity index (χ3n) is 1.76. The first-order chi connectivity index (χ1) is 6.75. The number of aromatic nitrogens is 1. The van der Waals surface area contributed by atoms with E-state index in [9.17, 15) is 22.0 Å². The Balaban J connectivity index is 3.53. The third-order valence-corrected chi connectivity index (χ3v) is 2.62. The molecule has 0 aliphatic carbocycles. The number of hydrogen-bond donors (Lipinski definition) is 0. The molecular weight excluding hydrogens is 332 g/mol. The standard InChI is InChI=1S/C8H5F5IN/c1-3-6(8(11,12)13)5(7(9)10)4(14)2-15-3/h2,7H,1H3. The molecule has 0 radical (unpaired) electrons. The molecule has 1 aromatic heterocycles. The molecule has 0 unspecified atom stereocenters. The van der Waals surface area contributed by atoms with Gasteiger partial charge in [0.15, 0.2) is 0 Å². The van der Waals surface area contributed by atoms with E-state index in [1.807, 2.05) is 0 Å². The van der Waals surface area contributed by atoms with Crippen LogP contribution in [0, 0.1) is 10.5 Å². The lowest BCUT2D eigenvalue weighted by Crippen LogP contribution is -2.14. The van der Waals surface area contributed by atoms with Gasteiger partial charge in [0.2, 0.25) is 0 Å². The SMILES string of the molecule is Cc1ncc(I)c(C(F)F)c1C(F)(F)F. The van der Waals surface area contributed by atoms with Crippen molar-refractivity contribution in [3.63, 3.8) is 0 Å². The Morgan fingerprint density at radius 2 is 1.87 bits per heavy atom. The fourth-order valence-electron chi connectivity index (χ4n) is 1.17. The second kappa shape index (κ2) is 4.18. The molecule has 0 bridgehead atoms. The largest absolute Gasteiger partial charge is 0.418 e. The van der Waals surface area contributed by atoms with Crippen LogP contribution in [0.3, 0.4) is 0 Å². The monoisotopic (exact) mass is 337 g/mol. The van der Waals surface area contributed by atoms with Crippen LogP contribution in [-0.2, 0) is 6.18 Å². The summed E-state index contributed by atoms with van der Waals surface area (Å²) in [5.41, 5.74) is -2.75. The second-order valence-electron chi connectivity index (χ2n) is 2.78. The summed E-state index contributed by atoms with van der Waals surface area (Å²) >= 11 is 1.42. The van der Waals surface area contributed by atoms with Crippen LogP contribution < -0.4 is 0 Å². The molecule has 0 aromatic carbocycles. The quantitative estimate of drug-likeness (QED) is 0.559. The first kappa shape index (κ1) is 12.6. The number of halogens is 6. The predicted molar refractivity (Wildman–Crippen MR) is 51.6 cm³/mol. The van der Waals surface area contributed by atoms with E-state index in [1.165, 1.54) is 22.6 Å². The lowest BCUT2D eigenvalue weighted by Gasteiger charge is -2.15. The first-order valence-corrected chi connectivity index (χ1v) is 4.83. The van der Waals surface area contributed by atoms with Crippen LogP contribution >= 0.6 is 22.6 Å². The molecular formula is C8H5F5IN. The van der Waals surface area contributed by atoms with Crippen LogP contribution in [0.4, 0.5) is 22.0 Å². The van der Waals surface area contributed by atoms with E-state index in [-0.39, 0.29) is 3.57 Å². The van der Waals surface area contributed by atoms with Gasteiger partial charge in [-0.2, -0.15) is 13.2 Å². The molecule has 0 amide bonds. The van der Waals surface area contributed by atoms with Crippen molar-refractivity contribution in [3.8, 4) is 0 Å². The van der Waals surface area contributed by atoms with Crippen LogP contribution in [0.5, 0.6) is 0 Å². The number of alkyl halides is 5. The van der Waals surface area contributed by atoms with Crippen molar-refractivity contribution in [3.05, 3.63) is 26.6 Å². The van der Waals surface area contributed by atoms with E-state index in [0.29, 0.717) is 0 Å². The summed E-state index contributed by atoms with van der Waals surface area (Å²) in [7, 11) is 0. The molecule has 0 aliphatic heterocycles. The summed E-state index contributed by atoms with van der Waals surface area (Å²) in [6.45, 7) is 1.06. The highest BCUT2D eigenvalue weighted by Crippen LogP contribution is 2.39. The van der Waals surface area contributed by atoms with Crippen molar-refractivity contribution in [2.75, 3.05) is 0 Å². The zero-order chi connectivity index (χ0) is 11.8. The van der Waals surface area contributed by atoms with Crippen LogP contribution in [0.1, 0.15) is 23.2 Å². The number of nitrogens with zero attached hydrogens (tertiary/aromatic N) is 1. The molecule has 7 heteroatoms. The zero-order valence-corrected chi connectivity index (χ0v) is 9.53. The lowest BCUT2D eigenvalue weighted by molar-refractivity contribution is -0.140. The Morgan fingerprint density at radius 3 is 2.20 bits per heavy atom. The van der Waals surface area contributed by atoms with Gasteiger partial charge in [-0.3, -0.25) is 4.98 Å². The Hall–Kier alpha value is -0.470. The van der Waals surface area contributed by atoms with Crippen LogP contribution in [0.2, 0.25) is 0 Å². The van der Waals surface area contributed by atoms with Gasteiger partial charge in [-0.25, -0.2) is 8.78 Å². The highest BCUT2D eigenvalue weighted by Gasteiger charge is 2.39. The van der Waals surface area contributed by atoms with Gasteiger partial charge in [-0.1, -0.05) is 0 Å². The van der Waals surface area contributed by atoms with Gasteiger partial charge < -0.3 is 0 Å². The van der Waals surface area contributed by atoms with Crippen molar-refractivity contribution in [2.24, 2.45) is 0 Å². The summed E-state index contributed by atoms with van der Waals surface area (Å²) in [6.07, 6.45) is -6.95. The molecule has 1 aromatic rings. The van der Waals surface area contributed by atoms with E-state index in [0.717, 1.165) is 13.1 Å². The summed E-state index contributed by atoms with van der Waals surface area (Å²) in [5.74, 6) is 0. The van der Waals surface area contributed by atoms with Crippen molar-refractivity contribution in [1.82, 2.24) is 4.98 Å². The number of hydrogen-bond acceptors (Lipinski definition) is 1. The predicted octanol–water partition coefficient (Wildman–Crippen LogP) is 3.95. The van der Waals surface area contributed by atoms with Crippen LogP contribution in [0.25, 0.3) is 0 Å². The Bertz CT molecular complexity index is 374. The van der Waals surface area contributed by atoms with E-state index < -0.39 is 29.4 Å². The van der Waals surface area contributed by atoms with E-state index in [1.54, 1.807) is 0 Å². The first-order valence-electron chi connectivity index (χ1n) is 3.75. The normalized spacial score (nSPS) is 12.3. The van der Waals surface area contributed by atoms with Gasteiger partial charge in [0.05, 0.1) is 11.3 Å². The maximum Gasteiger partial charge on any atom is 0.418 e. The minimum absolute atomic E-state index is 0.180. The second-order valence-corrected chi connectivity index (χ2v) is 3.94. The molecule has 0 saturated carbocycles. The van der Waals surface area contributed by atoms with Crippen molar-refractivity contribution >= 4 is 22.6 Å². The molecule has 0 atom stereocenters.